The molecule has 2 unspecified atom stereocenters. The van der Waals surface area contributed by atoms with Gasteiger partial charge in [-0.25, -0.2) is 5.01 Å². The van der Waals surface area contributed by atoms with Gasteiger partial charge in [0, 0.05) is 10.9 Å². The van der Waals surface area contributed by atoms with Gasteiger partial charge in [0.1, 0.15) is 6.10 Å². The maximum absolute atomic E-state index is 12.4. The number of amides is 1. The normalized spacial score (nSPS) is 26.1. The highest BCUT2D eigenvalue weighted by atomic mass is 35.5. The summed E-state index contributed by atoms with van der Waals surface area (Å²) in [6, 6.07) is 4.98. The molecule has 0 spiro atoms. The van der Waals surface area contributed by atoms with E-state index in [2.05, 4.69) is 11.3 Å². The van der Waals surface area contributed by atoms with Crippen molar-refractivity contribution in [3.05, 3.63) is 28.2 Å². The molecule has 1 heterocycles. The number of hydrogen-bond donors (Lipinski definition) is 1. The summed E-state index contributed by atoms with van der Waals surface area (Å²) in [5.41, 5.74) is 3.70. The van der Waals surface area contributed by atoms with Crippen molar-refractivity contribution in [2.75, 3.05) is 5.01 Å². The molecular formula is C15H14Cl2N2O2S. The van der Waals surface area contributed by atoms with Crippen LogP contribution < -0.4 is 10.4 Å². The Morgan fingerprint density at radius 3 is 2.86 bits per heavy atom. The summed E-state index contributed by atoms with van der Waals surface area (Å²) < 4.78 is 5.94. The Kier molecular flexibility index (Phi) is 4.32. The number of hydrogen-bond acceptors (Lipinski definition) is 4. The lowest BCUT2D eigenvalue weighted by atomic mass is 10.3. The Morgan fingerprint density at radius 1 is 1.55 bits per heavy atom. The Hall–Kier alpha value is -0.900. The van der Waals surface area contributed by atoms with E-state index in [9.17, 15) is 4.79 Å². The third-order valence-electron chi connectivity index (χ3n) is 3.54. The average molecular weight is 357 g/mol. The summed E-state index contributed by atoms with van der Waals surface area (Å²) in [7, 11) is 0. The molecule has 1 aromatic rings. The van der Waals surface area contributed by atoms with E-state index < -0.39 is 11.2 Å². The summed E-state index contributed by atoms with van der Waals surface area (Å²) >= 11 is 13.2. The highest BCUT2D eigenvalue weighted by molar-refractivity contribution is 8.15. The highest BCUT2D eigenvalue weighted by Gasteiger charge is 2.56. The molecule has 1 saturated carbocycles. The molecule has 4 nitrogen and oxygen atoms in total. The smallest absolute Gasteiger partial charge is 0.304 e. The number of ether oxygens (including phenoxy) is 1. The maximum Gasteiger partial charge on any atom is 0.304 e. The van der Waals surface area contributed by atoms with Gasteiger partial charge in [-0.2, -0.15) is 5.43 Å². The molecule has 1 N–H and O–H groups in total. The number of anilines is 1. The van der Waals surface area contributed by atoms with Gasteiger partial charge in [-0.1, -0.05) is 29.1 Å². The predicted molar refractivity (Wildman–Crippen MR) is 89.9 cm³/mol. The van der Waals surface area contributed by atoms with E-state index in [1.165, 1.54) is 5.01 Å². The van der Waals surface area contributed by atoms with Gasteiger partial charge in [0.15, 0.2) is 5.06 Å². The van der Waals surface area contributed by atoms with Gasteiger partial charge in [0.05, 0.1) is 10.7 Å². The van der Waals surface area contributed by atoms with E-state index in [4.69, 9.17) is 34.4 Å². The fourth-order valence-electron chi connectivity index (χ4n) is 2.30. The molecular weight excluding hydrogens is 343 g/mol. The Labute approximate surface area is 143 Å². The minimum atomic E-state index is -0.828. The van der Waals surface area contributed by atoms with Gasteiger partial charge in [-0.3, -0.25) is 4.79 Å². The minimum absolute atomic E-state index is 0.180. The van der Waals surface area contributed by atoms with Crippen LogP contribution in [0, 0.1) is 18.3 Å². The fraction of sp³-hybridized carbons (Fsp3) is 0.400. The van der Waals surface area contributed by atoms with E-state index in [1.807, 2.05) is 0 Å². The molecule has 0 radical (unpaired) electrons. The molecule has 1 aliphatic heterocycles. The second-order valence-corrected chi connectivity index (χ2v) is 7.28. The van der Waals surface area contributed by atoms with Crippen molar-refractivity contribution in [2.24, 2.45) is 5.92 Å². The van der Waals surface area contributed by atoms with Crippen LogP contribution >= 0.6 is 35.0 Å². The first-order valence-electron chi connectivity index (χ1n) is 6.85. The molecule has 22 heavy (non-hydrogen) atoms. The van der Waals surface area contributed by atoms with Gasteiger partial charge in [-0.15, -0.1) is 6.42 Å². The number of benzene rings is 1. The third kappa shape index (κ3) is 2.94. The van der Waals surface area contributed by atoms with E-state index >= 15 is 0 Å². The first-order chi connectivity index (χ1) is 10.4. The molecule has 116 valence electrons. The second kappa shape index (κ2) is 5.95. The zero-order chi connectivity index (χ0) is 15.9. The zero-order valence-corrected chi connectivity index (χ0v) is 14.1. The number of hydrazine groups is 1. The lowest BCUT2D eigenvalue weighted by Gasteiger charge is -2.30. The lowest BCUT2D eigenvalue weighted by molar-refractivity contribution is -0.0316. The van der Waals surface area contributed by atoms with Gasteiger partial charge in [-0.05, 0) is 49.7 Å². The number of carbonyl (C=O) groups excluding carboxylic acids is 1. The summed E-state index contributed by atoms with van der Waals surface area (Å²) in [6.07, 6.45) is 7.00. The molecule has 2 atom stereocenters. The number of carbonyl (C=O) groups is 1. The first kappa shape index (κ1) is 16.0. The van der Waals surface area contributed by atoms with Crippen LogP contribution in [0.4, 0.5) is 10.5 Å². The van der Waals surface area contributed by atoms with Crippen molar-refractivity contribution >= 4 is 45.9 Å². The Bertz CT molecular complexity index is 659. The number of rotatable bonds is 4. The van der Waals surface area contributed by atoms with Gasteiger partial charge >= 0.3 is 5.24 Å². The first-order valence-corrected chi connectivity index (χ1v) is 8.42. The third-order valence-corrected chi connectivity index (χ3v) is 5.26. The zero-order valence-electron chi connectivity index (χ0n) is 11.8. The molecule has 0 bridgehead atoms. The predicted octanol–water partition coefficient (Wildman–Crippen LogP) is 4.27. The van der Waals surface area contributed by atoms with Crippen LogP contribution in [0.2, 0.25) is 10.0 Å². The number of nitrogens with zero attached hydrogens (tertiary/aromatic N) is 1. The van der Waals surface area contributed by atoms with Crippen molar-refractivity contribution in [3.63, 3.8) is 0 Å². The Balaban J connectivity index is 1.89. The summed E-state index contributed by atoms with van der Waals surface area (Å²) in [4.78, 5) is 12.4. The maximum atomic E-state index is 12.4. The van der Waals surface area contributed by atoms with E-state index in [0.29, 0.717) is 15.7 Å². The summed E-state index contributed by atoms with van der Waals surface area (Å²) in [5.74, 6) is 2.78. The summed E-state index contributed by atoms with van der Waals surface area (Å²) in [5, 5.41) is 1.31. The van der Waals surface area contributed by atoms with Crippen molar-refractivity contribution in [3.8, 4) is 12.3 Å². The molecule has 7 heteroatoms. The van der Waals surface area contributed by atoms with Crippen molar-refractivity contribution < 1.29 is 9.53 Å². The van der Waals surface area contributed by atoms with E-state index in [0.717, 1.165) is 24.6 Å². The van der Waals surface area contributed by atoms with Crippen LogP contribution in [0.3, 0.4) is 0 Å². The lowest BCUT2D eigenvalue weighted by Crippen LogP contribution is -2.50. The number of terminal acetylenes is 1. The van der Waals surface area contributed by atoms with Crippen LogP contribution in [-0.4, -0.2) is 16.4 Å². The van der Waals surface area contributed by atoms with Crippen molar-refractivity contribution in [1.82, 2.24) is 5.43 Å². The molecule has 2 fully saturated rings. The van der Waals surface area contributed by atoms with E-state index in [1.54, 1.807) is 25.1 Å². The number of halogens is 2. The van der Waals surface area contributed by atoms with Crippen LogP contribution in [0.25, 0.3) is 0 Å². The standard InChI is InChI=1S/C15H14Cl2N2O2S/c1-3-9(2)21-15(10-4-5-10)18-19(14(20)22-15)13-7-6-11(16)8-12(13)17/h1,6-10,18H,4-5H2,2H3. The van der Waals surface area contributed by atoms with Gasteiger partial charge in [0.2, 0.25) is 0 Å². The molecule has 1 amide bonds. The SMILES string of the molecule is C#CC(C)OC1(C2CC2)NN(c2ccc(Cl)cc2Cl)C(=O)S1. The summed E-state index contributed by atoms with van der Waals surface area (Å²) in [6.45, 7) is 1.79. The second-order valence-electron chi connectivity index (χ2n) is 5.28. The topological polar surface area (TPSA) is 41.6 Å². The van der Waals surface area contributed by atoms with Crippen LogP contribution in [0.15, 0.2) is 18.2 Å². The van der Waals surface area contributed by atoms with Crippen LogP contribution in [0.1, 0.15) is 19.8 Å². The molecule has 1 aromatic carbocycles. The van der Waals surface area contributed by atoms with Crippen LogP contribution in [-0.2, 0) is 4.74 Å². The number of nitrogens with one attached hydrogen (secondary N) is 1. The minimum Gasteiger partial charge on any atom is -0.333 e. The van der Waals surface area contributed by atoms with E-state index in [-0.39, 0.29) is 11.2 Å². The molecule has 0 aromatic heterocycles. The fourth-order valence-corrected chi connectivity index (χ4v) is 4.02. The highest BCUT2D eigenvalue weighted by Crippen LogP contribution is 2.52. The monoisotopic (exact) mass is 356 g/mol. The largest absolute Gasteiger partial charge is 0.333 e. The molecule has 2 aliphatic rings. The van der Waals surface area contributed by atoms with Gasteiger partial charge in [0.25, 0.3) is 0 Å². The van der Waals surface area contributed by atoms with Gasteiger partial charge < -0.3 is 4.74 Å². The van der Waals surface area contributed by atoms with Crippen molar-refractivity contribution in [2.45, 2.75) is 30.9 Å². The average Bonchev–Trinajstić information content (AvgIpc) is 3.26. The molecule has 1 aliphatic carbocycles. The number of thioether (sulfide) groups is 1. The van der Waals surface area contributed by atoms with Crippen molar-refractivity contribution in [1.29, 1.82) is 0 Å². The van der Waals surface area contributed by atoms with Crippen LogP contribution in [0.5, 0.6) is 0 Å². The molecule has 1 saturated heterocycles. The Morgan fingerprint density at radius 2 is 2.27 bits per heavy atom. The quantitative estimate of drug-likeness (QED) is 0.817. The molecule has 3 rings (SSSR count).